The maximum Gasteiger partial charge on any atom is 0.439 e. The summed E-state index contributed by atoms with van der Waals surface area (Å²) < 4.78 is 6.60. The van der Waals surface area contributed by atoms with Gasteiger partial charge in [0.25, 0.3) is 5.91 Å². The van der Waals surface area contributed by atoms with Crippen molar-refractivity contribution in [2.75, 3.05) is 5.32 Å². The van der Waals surface area contributed by atoms with Gasteiger partial charge in [0.15, 0.2) is 5.82 Å². The number of aromatic nitrogens is 3. The van der Waals surface area contributed by atoms with Gasteiger partial charge in [-0.1, -0.05) is 48.8 Å². The summed E-state index contributed by atoms with van der Waals surface area (Å²) in [6.45, 7) is 4.92. The monoisotopic (exact) mass is 410 g/mol. The van der Waals surface area contributed by atoms with Crippen LogP contribution < -0.4 is 11.1 Å². The van der Waals surface area contributed by atoms with E-state index in [4.69, 9.17) is 11.6 Å². The van der Waals surface area contributed by atoms with E-state index < -0.39 is 5.76 Å². The maximum absolute atomic E-state index is 13.2. The van der Waals surface area contributed by atoms with Gasteiger partial charge in [0, 0.05) is 28.0 Å². The number of nitrogens with one attached hydrogen (secondary N) is 2. The van der Waals surface area contributed by atoms with E-state index in [0.717, 1.165) is 10.9 Å². The number of carbonyl (C=O) groups is 1. The van der Waals surface area contributed by atoms with E-state index in [1.54, 1.807) is 18.2 Å². The number of para-hydroxylation sites is 1. The summed E-state index contributed by atoms with van der Waals surface area (Å²) in [5.41, 5.74) is 2.48. The molecule has 0 saturated carbocycles. The Balaban J connectivity index is 1.75. The van der Waals surface area contributed by atoms with Crippen LogP contribution in [0.2, 0.25) is 5.02 Å². The number of hydrogen-bond acceptors (Lipinski definition) is 4. The second kappa shape index (κ2) is 7.60. The lowest BCUT2D eigenvalue weighted by Crippen LogP contribution is -2.19. The highest BCUT2D eigenvalue weighted by Crippen LogP contribution is 2.29. The van der Waals surface area contributed by atoms with Gasteiger partial charge in [0.1, 0.15) is 5.69 Å². The minimum absolute atomic E-state index is 0.190. The third-order valence-electron chi connectivity index (χ3n) is 4.52. The summed E-state index contributed by atoms with van der Waals surface area (Å²) in [6.07, 6.45) is 0. The highest BCUT2D eigenvalue weighted by Gasteiger charge is 2.19. The van der Waals surface area contributed by atoms with Crippen LogP contribution in [0.15, 0.2) is 57.8 Å². The molecule has 0 radical (unpaired) electrons. The van der Waals surface area contributed by atoms with Gasteiger partial charge in [-0.15, -0.1) is 0 Å². The Morgan fingerprint density at radius 3 is 2.76 bits per heavy atom. The molecule has 2 N–H and O–H groups in total. The van der Waals surface area contributed by atoms with Crippen molar-refractivity contribution in [3.05, 3.63) is 69.8 Å². The molecule has 2 heterocycles. The van der Waals surface area contributed by atoms with Crippen molar-refractivity contribution < 1.29 is 9.32 Å². The van der Waals surface area contributed by atoms with E-state index in [-0.39, 0.29) is 11.7 Å². The van der Waals surface area contributed by atoms with Crippen LogP contribution in [-0.4, -0.2) is 20.6 Å². The van der Waals surface area contributed by atoms with Crippen molar-refractivity contribution in [2.24, 2.45) is 5.92 Å². The number of rotatable bonds is 5. The zero-order chi connectivity index (χ0) is 20.5. The van der Waals surface area contributed by atoms with Crippen molar-refractivity contribution in [2.45, 2.75) is 20.4 Å². The molecule has 0 bridgehead atoms. The Kier molecular flexibility index (Phi) is 4.98. The van der Waals surface area contributed by atoms with Crippen molar-refractivity contribution in [1.82, 2.24) is 14.7 Å². The van der Waals surface area contributed by atoms with E-state index in [1.165, 1.54) is 0 Å². The number of carbonyl (C=O) groups excluding carboxylic acids is 1. The number of aromatic amines is 1. The van der Waals surface area contributed by atoms with Crippen LogP contribution in [0.4, 0.5) is 5.69 Å². The summed E-state index contributed by atoms with van der Waals surface area (Å²) in [4.78, 5) is 27.0. The summed E-state index contributed by atoms with van der Waals surface area (Å²) in [5, 5.41) is 8.05. The lowest BCUT2D eigenvalue weighted by Gasteiger charge is -2.14. The largest absolute Gasteiger partial charge is 0.439 e. The third-order valence-corrected chi connectivity index (χ3v) is 4.75. The first-order valence-electron chi connectivity index (χ1n) is 9.18. The molecule has 7 nitrogen and oxygen atoms in total. The number of amides is 1. The normalized spacial score (nSPS) is 11.3. The molecule has 148 valence electrons. The van der Waals surface area contributed by atoms with Crippen LogP contribution in [0.1, 0.15) is 24.3 Å². The molecule has 1 amide bonds. The molecule has 4 aromatic rings. The van der Waals surface area contributed by atoms with Crippen molar-refractivity contribution in [3.8, 4) is 11.4 Å². The Labute approximate surface area is 171 Å². The van der Waals surface area contributed by atoms with Gasteiger partial charge in [0.05, 0.1) is 5.69 Å². The van der Waals surface area contributed by atoms with Gasteiger partial charge in [0.2, 0.25) is 0 Å². The Hall–Kier alpha value is -3.32. The Morgan fingerprint density at radius 1 is 1.24 bits per heavy atom. The van der Waals surface area contributed by atoms with Crippen molar-refractivity contribution in [3.63, 3.8) is 0 Å². The minimum Gasteiger partial charge on any atom is -0.336 e. The minimum atomic E-state index is -0.686. The predicted octanol–water partition coefficient (Wildman–Crippen LogP) is 4.55. The summed E-state index contributed by atoms with van der Waals surface area (Å²) in [5.74, 6) is -0.398. The molecule has 8 heteroatoms. The summed E-state index contributed by atoms with van der Waals surface area (Å²) in [6, 6.07) is 14.7. The van der Waals surface area contributed by atoms with Gasteiger partial charge in [-0.2, -0.15) is 0 Å². The number of benzene rings is 2. The van der Waals surface area contributed by atoms with E-state index in [9.17, 15) is 9.59 Å². The van der Waals surface area contributed by atoms with Crippen LogP contribution in [-0.2, 0) is 6.54 Å². The SMILES string of the molecule is CC(C)Cn1c(C(=O)Nc2ccc(Cl)cc2-c2noc(=O)[nH]2)cc2ccccc21. The Morgan fingerprint density at radius 2 is 2.03 bits per heavy atom. The molecule has 0 aliphatic carbocycles. The molecule has 4 rings (SSSR count). The van der Waals surface area contributed by atoms with Crippen LogP contribution in [0.5, 0.6) is 0 Å². The molecule has 0 saturated heterocycles. The average molecular weight is 411 g/mol. The van der Waals surface area contributed by atoms with Crippen LogP contribution in [0, 0.1) is 5.92 Å². The molecule has 29 heavy (non-hydrogen) atoms. The van der Waals surface area contributed by atoms with Crippen LogP contribution in [0.25, 0.3) is 22.3 Å². The fraction of sp³-hybridized carbons (Fsp3) is 0.190. The zero-order valence-corrected chi connectivity index (χ0v) is 16.7. The first kappa shape index (κ1) is 19.0. The van der Waals surface area contributed by atoms with Gasteiger partial charge in [-0.3, -0.25) is 14.3 Å². The molecule has 0 aliphatic heterocycles. The molecule has 0 atom stereocenters. The highest BCUT2D eigenvalue weighted by atomic mass is 35.5. The molecule has 0 unspecified atom stereocenters. The van der Waals surface area contributed by atoms with Crippen molar-refractivity contribution in [1.29, 1.82) is 0 Å². The maximum atomic E-state index is 13.2. The number of H-pyrrole nitrogens is 1. The first-order chi connectivity index (χ1) is 13.9. The second-order valence-corrected chi connectivity index (χ2v) is 7.62. The quantitative estimate of drug-likeness (QED) is 0.505. The van der Waals surface area contributed by atoms with E-state index in [1.807, 2.05) is 34.9 Å². The molecule has 0 aliphatic rings. The molecule has 0 fully saturated rings. The van der Waals surface area contributed by atoms with E-state index in [0.29, 0.717) is 34.4 Å². The number of anilines is 1. The molecule has 2 aromatic heterocycles. The van der Waals surface area contributed by atoms with E-state index >= 15 is 0 Å². The summed E-state index contributed by atoms with van der Waals surface area (Å²) in [7, 11) is 0. The highest BCUT2D eigenvalue weighted by molar-refractivity contribution is 6.31. The third kappa shape index (κ3) is 3.82. The molecular formula is C21H19ClN4O3. The van der Waals surface area contributed by atoms with Crippen LogP contribution >= 0.6 is 11.6 Å². The van der Waals surface area contributed by atoms with Crippen LogP contribution in [0.3, 0.4) is 0 Å². The zero-order valence-electron chi connectivity index (χ0n) is 15.9. The Bertz CT molecular complexity index is 1250. The molecular weight excluding hydrogens is 392 g/mol. The number of fused-ring (bicyclic) bond motifs is 1. The predicted molar refractivity (Wildman–Crippen MR) is 112 cm³/mol. The number of hydrogen-bond donors (Lipinski definition) is 2. The average Bonchev–Trinajstić information content (AvgIpc) is 3.27. The lowest BCUT2D eigenvalue weighted by atomic mass is 10.1. The van der Waals surface area contributed by atoms with Gasteiger partial charge in [-0.05, 0) is 36.2 Å². The topological polar surface area (TPSA) is 92.9 Å². The smallest absolute Gasteiger partial charge is 0.336 e. The van der Waals surface area contributed by atoms with E-state index in [2.05, 4.69) is 33.8 Å². The molecule has 2 aromatic carbocycles. The van der Waals surface area contributed by atoms with Gasteiger partial charge < -0.3 is 9.88 Å². The molecule has 0 spiro atoms. The summed E-state index contributed by atoms with van der Waals surface area (Å²) >= 11 is 6.10. The number of halogens is 1. The standard InChI is InChI=1S/C21H19ClN4O3/c1-12(2)11-26-17-6-4-3-5-13(17)9-18(26)20(27)23-16-8-7-14(22)10-15(16)19-24-21(28)29-25-19/h3-10,12H,11H2,1-2H3,(H,23,27)(H,24,25,28). The first-order valence-corrected chi connectivity index (χ1v) is 9.55. The second-order valence-electron chi connectivity index (χ2n) is 7.18. The lowest BCUT2D eigenvalue weighted by molar-refractivity contribution is 0.101. The van der Waals surface area contributed by atoms with Crippen molar-refractivity contribution >= 4 is 34.1 Å². The fourth-order valence-electron chi connectivity index (χ4n) is 3.31. The van der Waals surface area contributed by atoms with Gasteiger partial charge in [-0.25, -0.2) is 4.79 Å². The van der Waals surface area contributed by atoms with Gasteiger partial charge >= 0.3 is 5.76 Å². The fourth-order valence-corrected chi connectivity index (χ4v) is 3.49. The number of nitrogens with zero attached hydrogens (tertiary/aromatic N) is 2.